The van der Waals surface area contributed by atoms with Crippen molar-refractivity contribution in [1.29, 1.82) is 0 Å². The fraction of sp³-hybridized carbons (Fsp3) is 0.571. The normalized spacial score (nSPS) is 11.9. The zero-order chi connectivity index (χ0) is 11.8. The van der Waals surface area contributed by atoms with Crippen LogP contribution in [0.15, 0.2) is 29.2 Å². The van der Waals surface area contributed by atoms with Crippen molar-refractivity contribution in [2.75, 3.05) is 0 Å². The van der Waals surface area contributed by atoms with Crippen molar-refractivity contribution in [3.8, 4) is 0 Å². The molecule has 1 aromatic carbocycles. The Kier molecular flexibility index (Phi) is 13.0. The summed E-state index contributed by atoms with van der Waals surface area (Å²) in [6, 6.07) is 8.45. The number of rotatable bonds is 7. The van der Waals surface area contributed by atoms with Gasteiger partial charge in [-0.25, -0.2) is 0 Å². The molecule has 3 heteroatoms. The molecule has 1 unspecified atom stereocenters. The van der Waals surface area contributed by atoms with Crippen molar-refractivity contribution in [2.24, 2.45) is 0 Å². The standard InChI is InChI=1S/C14H21IS.Ba.2H/c1-2-3-4-5-6-10-13(15)12-9-7-8-11-14(12)16;;;/h7-9,11,13,16H,2-6,10H2,1H3;;;/q;+2;2*-1. The van der Waals surface area contributed by atoms with Gasteiger partial charge in [-0.2, -0.15) is 0 Å². The quantitative estimate of drug-likeness (QED) is 0.166. The van der Waals surface area contributed by atoms with Gasteiger partial charge in [-0.05, 0) is 18.1 Å². The van der Waals surface area contributed by atoms with E-state index in [9.17, 15) is 0 Å². The molecule has 0 N–H and O–H groups in total. The molecule has 1 aromatic rings. The number of thiol groups is 1. The summed E-state index contributed by atoms with van der Waals surface area (Å²) in [6.07, 6.45) is 8.10. The molecular weight excluding hydrogens is 464 g/mol. The fourth-order valence-electron chi connectivity index (χ4n) is 1.84. The Hall–Kier alpha value is 1.87. The zero-order valence-electron chi connectivity index (χ0n) is 12.7. The van der Waals surface area contributed by atoms with Crippen molar-refractivity contribution in [3.63, 3.8) is 0 Å². The third-order valence-corrected chi connectivity index (χ3v) is 4.54. The molecule has 0 spiro atoms. The van der Waals surface area contributed by atoms with Crippen LogP contribution in [-0.2, 0) is 0 Å². The summed E-state index contributed by atoms with van der Waals surface area (Å²) < 4.78 is 0.618. The van der Waals surface area contributed by atoms with E-state index in [1.165, 1.54) is 44.1 Å². The summed E-state index contributed by atoms with van der Waals surface area (Å²) in [6.45, 7) is 2.26. The van der Waals surface area contributed by atoms with Crippen LogP contribution in [0, 0.1) is 0 Å². The van der Waals surface area contributed by atoms with E-state index in [0.29, 0.717) is 3.92 Å². The first-order chi connectivity index (χ1) is 7.75. The van der Waals surface area contributed by atoms with Crippen LogP contribution in [0.3, 0.4) is 0 Å². The molecule has 0 aliphatic carbocycles. The number of hydrogen-bond acceptors (Lipinski definition) is 1. The topological polar surface area (TPSA) is 0 Å². The van der Waals surface area contributed by atoms with E-state index in [4.69, 9.17) is 0 Å². The van der Waals surface area contributed by atoms with Crippen LogP contribution in [0.25, 0.3) is 0 Å². The first-order valence-corrected chi connectivity index (χ1v) is 7.87. The van der Waals surface area contributed by atoms with Gasteiger partial charge in [0.2, 0.25) is 0 Å². The molecule has 0 aliphatic heterocycles. The maximum absolute atomic E-state index is 4.51. The van der Waals surface area contributed by atoms with E-state index in [0.717, 1.165) is 4.90 Å². The zero-order valence-corrected chi connectivity index (χ0v) is 18.2. The molecule has 0 amide bonds. The average molecular weight is 488 g/mol. The van der Waals surface area contributed by atoms with Crippen LogP contribution in [-0.4, -0.2) is 48.9 Å². The monoisotopic (exact) mass is 488 g/mol. The first-order valence-electron chi connectivity index (χ1n) is 6.17. The van der Waals surface area contributed by atoms with Gasteiger partial charge in [-0.15, -0.1) is 12.6 Å². The van der Waals surface area contributed by atoms with E-state index >= 15 is 0 Å². The molecule has 0 saturated heterocycles. The molecular formula is C14H23BaIS. The minimum absolute atomic E-state index is 0. The van der Waals surface area contributed by atoms with Crippen molar-refractivity contribution in [1.82, 2.24) is 0 Å². The van der Waals surface area contributed by atoms with Crippen LogP contribution in [0.1, 0.15) is 57.8 Å². The van der Waals surface area contributed by atoms with Gasteiger partial charge in [0.15, 0.2) is 0 Å². The Morgan fingerprint density at radius 1 is 1.18 bits per heavy atom. The molecule has 0 aromatic heterocycles. The molecule has 1 rings (SSSR count). The molecule has 0 aliphatic rings. The second-order valence-electron chi connectivity index (χ2n) is 4.23. The van der Waals surface area contributed by atoms with Gasteiger partial charge in [0.1, 0.15) is 0 Å². The summed E-state index contributed by atoms with van der Waals surface area (Å²) in [5.74, 6) is 0. The number of hydrogen-bond donors (Lipinski definition) is 1. The van der Waals surface area contributed by atoms with Crippen LogP contribution in [0.4, 0.5) is 0 Å². The summed E-state index contributed by atoms with van der Waals surface area (Å²) in [4.78, 5) is 1.13. The second kappa shape index (κ2) is 11.7. The number of unbranched alkanes of at least 4 members (excludes halogenated alkanes) is 4. The summed E-state index contributed by atoms with van der Waals surface area (Å²) in [5.41, 5.74) is 1.39. The average Bonchev–Trinajstić information content (AvgIpc) is 2.29. The van der Waals surface area contributed by atoms with Crippen LogP contribution in [0.2, 0.25) is 0 Å². The van der Waals surface area contributed by atoms with Gasteiger partial charge < -0.3 is 2.85 Å². The summed E-state index contributed by atoms with van der Waals surface area (Å²) >= 11 is 7.06. The SMILES string of the molecule is CCCCCCCC(I)c1ccccc1S.[Ba+2].[H-].[H-]. The molecule has 0 nitrogen and oxygen atoms in total. The Labute approximate surface area is 168 Å². The minimum atomic E-state index is 0. The number of alkyl halides is 1. The van der Waals surface area contributed by atoms with Gasteiger partial charge in [0.05, 0.1) is 0 Å². The Morgan fingerprint density at radius 3 is 2.47 bits per heavy atom. The van der Waals surface area contributed by atoms with E-state index in [-0.39, 0.29) is 51.7 Å². The van der Waals surface area contributed by atoms with Crippen molar-refractivity contribution in [2.45, 2.75) is 54.3 Å². The van der Waals surface area contributed by atoms with Gasteiger partial charge in [0, 0.05) is 8.82 Å². The van der Waals surface area contributed by atoms with Crippen molar-refractivity contribution >= 4 is 84.1 Å². The van der Waals surface area contributed by atoms with Crippen LogP contribution < -0.4 is 0 Å². The van der Waals surface area contributed by atoms with Gasteiger partial charge in [0.25, 0.3) is 0 Å². The van der Waals surface area contributed by atoms with E-state index in [1.807, 2.05) is 0 Å². The largest absolute Gasteiger partial charge is 2.00 e. The van der Waals surface area contributed by atoms with Crippen LogP contribution >= 0.6 is 35.2 Å². The Bertz CT molecular complexity index is 313. The molecule has 1 atom stereocenters. The molecule has 0 bridgehead atoms. The predicted molar refractivity (Wildman–Crippen MR) is 91.8 cm³/mol. The summed E-state index contributed by atoms with van der Waals surface area (Å²) in [7, 11) is 0. The third-order valence-electron chi connectivity index (χ3n) is 2.84. The maximum atomic E-state index is 4.51. The first kappa shape index (κ1) is 18.9. The Morgan fingerprint density at radius 2 is 1.82 bits per heavy atom. The van der Waals surface area contributed by atoms with Crippen molar-refractivity contribution in [3.05, 3.63) is 29.8 Å². The minimum Gasteiger partial charge on any atom is -1.00 e. The van der Waals surface area contributed by atoms with Gasteiger partial charge in [-0.1, -0.05) is 79.8 Å². The van der Waals surface area contributed by atoms with E-state index in [1.54, 1.807) is 0 Å². The Balaban J connectivity index is -0.000000853. The molecule has 0 fully saturated rings. The van der Waals surface area contributed by atoms with Gasteiger partial charge in [-0.3, -0.25) is 0 Å². The maximum Gasteiger partial charge on any atom is 2.00 e. The molecule has 17 heavy (non-hydrogen) atoms. The molecule has 94 valence electrons. The number of benzene rings is 1. The molecule has 0 radical (unpaired) electrons. The van der Waals surface area contributed by atoms with E-state index < -0.39 is 0 Å². The third kappa shape index (κ3) is 7.90. The number of halogens is 1. The summed E-state index contributed by atoms with van der Waals surface area (Å²) in [5, 5.41) is 0. The van der Waals surface area contributed by atoms with Gasteiger partial charge >= 0.3 is 48.9 Å². The van der Waals surface area contributed by atoms with Crippen LogP contribution in [0.5, 0.6) is 0 Å². The molecule has 0 saturated carbocycles. The smallest absolute Gasteiger partial charge is 1.00 e. The van der Waals surface area contributed by atoms with E-state index in [2.05, 4.69) is 66.4 Å². The van der Waals surface area contributed by atoms with Crippen molar-refractivity contribution < 1.29 is 2.85 Å². The fourth-order valence-corrected chi connectivity index (χ4v) is 3.38. The predicted octanol–water partition coefficient (Wildman–Crippen LogP) is 5.66. The molecule has 0 heterocycles. The second-order valence-corrected chi connectivity index (χ2v) is 6.21.